The molecule has 7 heteroatoms. The summed E-state index contributed by atoms with van der Waals surface area (Å²) in [6.45, 7) is 0.914. The first kappa shape index (κ1) is 15.7. The highest BCUT2D eigenvalue weighted by Crippen LogP contribution is 2.27. The Morgan fingerprint density at radius 1 is 1.35 bits per heavy atom. The third-order valence-electron chi connectivity index (χ3n) is 3.47. The molecular weight excluding hydrogens is 302 g/mol. The second-order valence-electron chi connectivity index (χ2n) is 5.03. The molecule has 1 heterocycles. The summed E-state index contributed by atoms with van der Waals surface area (Å²) >= 11 is 5.94. The molecule has 2 rings (SSSR count). The SMILES string of the molecule is CN(CC1(O)CCOCC1)S(=O)(=O)c1ccccc1Cl. The lowest BCUT2D eigenvalue weighted by Crippen LogP contribution is -2.47. The number of hydrogen-bond acceptors (Lipinski definition) is 4. The van der Waals surface area contributed by atoms with Crippen LogP contribution in [0.25, 0.3) is 0 Å². The van der Waals surface area contributed by atoms with E-state index >= 15 is 0 Å². The Morgan fingerprint density at radius 3 is 2.55 bits per heavy atom. The minimum atomic E-state index is -3.71. The Bertz CT molecular complexity index is 569. The normalized spacial score (nSPS) is 19.2. The first-order valence-electron chi connectivity index (χ1n) is 6.36. The Hall–Kier alpha value is -0.660. The van der Waals surface area contributed by atoms with Crippen LogP contribution in [0.4, 0.5) is 0 Å². The van der Waals surface area contributed by atoms with Crippen LogP contribution in [-0.4, -0.2) is 50.2 Å². The van der Waals surface area contributed by atoms with Gasteiger partial charge in [0.2, 0.25) is 10.0 Å². The van der Waals surface area contributed by atoms with Gasteiger partial charge in [-0.05, 0) is 12.1 Å². The summed E-state index contributed by atoms with van der Waals surface area (Å²) in [5.74, 6) is 0. The van der Waals surface area contributed by atoms with E-state index in [0.717, 1.165) is 4.31 Å². The molecule has 0 aliphatic carbocycles. The van der Waals surface area contributed by atoms with Crippen molar-refractivity contribution in [1.82, 2.24) is 4.31 Å². The van der Waals surface area contributed by atoms with Crippen LogP contribution in [0.5, 0.6) is 0 Å². The lowest BCUT2D eigenvalue weighted by molar-refractivity contribution is -0.0689. The lowest BCUT2D eigenvalue weighted by atomic mass is 9.95. The largest absolute Gasteiger partial charge is 0.388 e. The summed E-state index contributed by atoms with van der Waals surface area (Å²) < 4.78 is 31.3. The Balaban J connectivity index is 2.19. The standard InChI is InChI=1S/C13H18ClNO4S/c1-15(10-13(16)6-8-19-9-7-13)20(17,18)12-5-3-2-4-11(12)14/h2-5,16H,6-10H2,1H3. The van der Waals surface area contributed by atoms with Crippen molar-refractivity contribution in [1.29, 1.82) is 0 Å². The van der Waals surface area contributed by atoms with E-state index in [2.05, 4.69) is 0 Å². The first-order valence-corrected chi connectivity index (χ1v) is 8.18. The second kappa shape index (κ2) is 5.99. The highest BCUT2D eigenvalue weighted by atomic mass is 35.5. The van der Waals surface area contributed by atoms with E-state index < -0.39 is 15.6 Å². The van der Waals surface area contributed by atoms with E-state index in [-0.39, 0.29) is 16.5 Å². The highest BCUT2D eigenvalue weighted by molar-refractivity contribution is 7.89. The molecule has 1 aliphatic heterocycles. The minimum absolute atomic E-state index is 0.0317. The van der Waals surface area contributed by atoms with E-state index in [9.17, 15) is 13.5 Å². The summed E-state index contributed by atoms with van der Waals surface area (Å²) in [7, 11) is -2.26. The summed E-state index contributed by atoms with van der Waals surface area (Å²) in [5.41, 5.74) is -1.04. The van der Waals surface area contributed by atoms with Gasteiger partial charge in [0.25, 0.3) is 0 Å². The van der Waals surface area contributed by atoms with E-state index in [1.165, 1.54) is 19.2 Å². The Morgan fingerprint density at radius 2 is 1.95 bits per heavy atom. The van der Waals surface area contributed by atoms with Gasteiger partial charge in [-0.2, -0.15) is 4.31 Å². The molecule has 0 aromatic heterocycles. The van der Waals surface area contributed by atoms with Gasteiger partial charge in [-0.15, -0.1) is 0 Å². The number of benzene rings is 1. The molecular formula is C13H18ClNO4S. The fourth-order valence-corrected chi connectivity index (χ4v) is 3.97. The first-order chi connectivity index (χ1) is 9.35. The maximum atomic E-state index is 12.5. The van der Waals surface area contributed by atoms with Crippen molar-refractivity contribution in [3.05, 3.63) is 29.3 Å². The van der Waals surface area contributed by atoms with Gasteiger partial charge in [0.1, 0.15) is 4.90 Å². The number of aliphatic hydroxyl groups is 1. The predicted molar refractivity (Wildman–Crippen MR) is 76.3 cm³/mol. The molecule has 0 radical (unpaired) electrons. The monoisotopic (exact) mass is 319 g/mol. The molecule has 1 fully saturated rings. The van der Waals surface area contributed by atoms with Crippen LogP contribution >= 0.6 is 11.6 Å². The minimum Gasteiger partial charge on any atom is -0.388 e. The molecule has 0 bridgehead atoms. The van der Waals surface area contributed by atoms with Crippen molar-refractivity contribution in [2.24, 2.45) is 0 Å². The number of sulfonamides is 1. The third-order valence-corrected chi connectivity index (χ3v) is 5.77. The van der Waals surface area contributed by atoms with Crippen LogP contribution < -0.4 is 0 Å². The molecule has 1 aliphatic rings. The molecule has 112 valence electrons. The fourth-order valence-electron chi connectivity index (χ4n) is 2.23. The molecule has 0 unspecified atom stereocenters. The van der Waals surface area contributed by atoms with Crippen molar-refractivity contribution in [2.45, 2.75) is 23.3 Å². The zero-order valence-electron chi connectivity index (χ0n) is 11.3. The molecule has 1 aromatic rings. The average molecular weight is 320 g/mol. The Labute approximate surface area is 124 Å². The summed E-state index contributed by atoms with van der Waals surface area (Å²) in [4.78, 5) is 0.0554. The van der Waals surface area contributed by atoms with E-state index in [1.54, 1.807) is 12.1 Å². The maximum Gasteiger partial charge on any atom is 0.244 e. The summed E-state index contributed by atoms with van der Waals surface area (Å²) in [5, 5.41) is 10.6. The van der Waals surface area contributed by atoms with E-state index in [0.29, 0.717) is 26.1 Å². The van der Waals surface area contributed by atoms with Crippen molar-refractivity contribution >= 4 is 21.6 Å². The maximum absolute atomic E-state index is 12.5. The molecule has 5 nitrogen and oxygen atoms in total. The van der Waals surface area contributed by atoms with Gasteiger partial charge in [0.15, 0.2) is 0 Å². The van der Waals surface area contributed by atoms with Crippen LogP contribution in [-0.2, 0) is 14.8 Å². The predicted octanol–water partition coefficient (Wildman–Crippen LogP) is 1.50. The molecule has 20 heavy (non-hydrogen) atoms. The van der Waals surface area contributed by atoms with Gasteiger partial charge in [0.05, 0.1) is 10.6 Å². The molecule has 0 saturated carbocycles. The van der Waals surface area contributed by atoms with Crippen molar-refractivity contribution in [3.8, 4) is 0 Å². The molecule has 0 amide bonds. The van der Waals surface area contributed by atoms with Crippen molar-refractivity contribution in [2.75, 3.05) is 26.8 Å². The van der Waals surface area contributed by atoms with Gasteiger partial charge in [-0.25, -0.2) is 8.42 Å². The molecule has 1 aromatic carbocycles. The van der Waals surface area contributed by atoms with Gasteiger partial charge in [-0.3, -0.25) is 0 Å². The van der Waals surface area contributed by atoms with Crippen molar-refractivity contribution in [3.63, 3.8) is 0 Å². The van der Waals surface area contributed by atoms with Crippen LogP contribution in [0.1, 0.15) is 12.8 Å². The molecule has 1 N–H and O–H groups in total. The van der Waals surface area contributed by atoms with E-state index in [4.69, 9.17) is 16.3 Å². The second-order valence-corrected chi connectivity index (χ2v) is 7.45. The van der Waals surface area contributed by atoms with Gasteiger partial charge in [0, 0.05) is 39.6 Å². The summed E-state index contributed by atoms with van der Waals surface area (Å²) in [6.07, 6.45) is 0.852. The molecule has 0 atom stereocenters. The topological polar surface area (TPSA) is 66.8 Å². The molecule has 1 saturated heterocycles. The van der Waals surface area contributed by atoms with Crippen LogP contribution in [0, 0.1) is 0 Å². The lowest BCUT2D eigenvalue weighted by Gasteiger charge is -2.35. The smallest absolute Gasteiger partial charge is 0.244 e. The number of hydrogen-bond donors (Lipinski definition) is 1. The zero-order chi connectivity index (χ0) is 14.8. The molecule has 0 spiro atoms. The fraction of sp³-hybridized carbons (Fsp3) is 0.538. The number of likely N-dealkylation sites (N-methyl/N-ethyl adjacent to an activating group) is 1. The van der Waals surface area contributed by atoms with Gasteiger partial charge < -0.3 is 9.84 Å². The summed E-state index contributed by atoms with van der Waals surface area (Å²) in [6, 6.07) is 6.29. The van der Waals surface area contributed by atoms with Gasteiger partial charge in [-0.1, -0.05) is 23.7 Å². The zero-order valence-corrected chi connectivity index (χ0v) is 12.8. The number of ether oxygens (including phenoxy) is 1. The third kappa shape index (κ3) is 3.32. The van der Waals surface area contributed by atoms with Crippen LogP contribution in [0.2, 0.25) is 5.02 Å². The number of halogens is 1. The quantitative estimate of drug-likeness (QED) is 0.913. The number of rotatable bonds is 4. The number of nitrogens with zero attached hydrogens (tertiary/aromatic N) is 1. The Kier molecular flexibility index (Phi) is 4.71. The van der Waals surface area contributed by atoms with Gasteiger partial charge >= 0.3 is 0 Å². The van der Waals surface area contributed by atoms with Crippen LogP contribution in [0.15, 0.2) is 29.2 Å². The van der Waals surface area contributed by atoms with E-state index in [1.807, 2.05) is 0 Å². The highest BCUT2D eigenvalue weighted by Gasteiger charge is 2.35. The van der Waals surface area contributed by atoms with Crippen molar-refractivity contribution < 1.29 is 18.3 Å². The van der Waals surface area contributed by atoms with Crippen LogP contribution in [0.3, 0.4) is 0 Å². The average Bonchev–Trinajstić information content (AvgIpc) is 2.39.